The van der Waals surface area contributed by atoms with Crippen molar-refractivity contribution < 1.29 is 19.8 Å². The van der Waals surface area contributed by atoms with Crippen molar-refractivity contribution in [2.75, 3.05) is 0 Å². The summed E-state index contributed by atoms with van der Waals surface area (Å²) in [6.45, 7) is 4.23. The number of rotatable bonds is 10. The molecule has 0 N–H and O–H groups in total. The molecule has 0 fully saturated rings. The standard InChI is InChI=1S/2C11H15NO2.Ca/c2*1-2-3-4-6-9-7-5-8-12-10(9)11(13)14;/h2*5,7-8H,2-4,6H2,1H3,(H,13,14);/q;;+2/p-2. The van der Waals surface area contributed by atoms with Crippen molar-refractivity contribution in [3.05, 3.63) is 59.2 Å². The summed E-state index contributed by atoms with van der Waals surface area (Å²) in [5, 5.41) is 21.4. The molecular weight excluding hydrogens is 396 g/mol. The molecule has 0 aliphatic rings. The van der Waals surface area contributed by atoms with Crippen molar-refractivity contribution >= 4 is 49.7 Å². The van der Waals surface area contributed by atoms with Crippen LogP contribution in [0.5, 0.6) is 0 Å². The van der Waals surface area contributed by atoms with Crippen molar-refractivity contribution in [1.29, 1.82) is 0 Å². The van der Waals surface area contributed by atoms with Crippen LogP contribution in [0.2, 0.25) is 0 Å². The van der Waals surface area contributed by atoms with Gasteiger partial charge in [-0.1, -0.05) is 51.7 Å². The van der Waals surface area contributed by atoms with Gasteiger partial charge in [0.25, 0.3) is 0 Å². The molecule has 2 heterocycles. The predicted octanol–water partition coefficient (Wildman–Crippen LogP) is 1.97. The number of hydrogen-bond acceptors (Lipinski definition) is 6. The van der Waals surface area contributed by atoms with Gasteiger partial charge in [0.1, 0.15) is 0 Å². The van der Waals surface area contributed by atoms with Gasteiger partial charge in [0.15, 0.2) is 0 Å². The molecule has 7 heteroatoms. The Hall–Kier alpha value is -1.50. The van der Waals surface area contributed by atoms with Crippen LogP contribution in [0.4, 0.5) is 0 Å². The molecule has 0 aromatic carbocycles. The number of aromatic carboxylic acids is 2. The van der Waals surface area contributed by atoms with E-state index in [4.69, 9.17) is 0 Å². The van der Waals surface area contributed by atoms with Crippen LogP contribution in [0.1, 0.15) is 84.5 Å². The topological polar surface area (TPSA) is 106 Å². The summed E-state index contributed by atoms with van der Waals surface area (Å²) in [5.74, 6) is -2.37. The second kappa shape index (κ2) is 16.3. The van der Waals surface area contributed by atoms with E-state index in [1.54, 1.807) is 24.3 Å². The minimum absolute atomic E-state index is 0. The minimum Gasteiger partial charge on any atom is -0.543 e. The summed E-state index contributed by atoms with van der Waals surface area (Å²) >= 11 is 0. The van der Waals surface area contributed by atoms with Crippen LogP contribution in [0, 0.1) is 0 Å². The molecule has 0 saturated carbocycles. The van der Waals surface area contributed by atoms with Gasteiger partial charge in [-0.05, 0) is 48.9 Å². The molecule has 152 valence electrons. The maximum absolute atomic E-state index is 10.7. The van der Waals surface area contributed by atoms with E-state index < -0.39 is 11.9 Å². The Bertz CT molecular complexity index is 690. The first kappa shape index (κ1) is 27.5. The van der Waals surface area contributed by atoms with Crippen molar-refractivity contribution in [1.82, 2.24) is 9.97 Å². The number of pyridine rings is 2. The first-order valence-corrected chi connectivity index (χ1v) is 9.81. The summed E-state index contributed by atoms with van der Waals surface area (Å²) in [4.78, 5) is 29.0. The van der Waals surface area contributed by atoms with E-state index in [-0.39, 0.29) is 49.1 Å². The third-order valence-electron chi connectivity index (χ3n) is 4.27. The molecule has 0 saturated heterocycles. The Balaban J connectivity index is 0.000000523. The number of carboxylic acids is 2. The summed E-state index contributed by atoms with van der Waals surface area (Å²) in [7, 11) is 0. The Kier molecular flexibility index (Phi) is 15.5. The van der Waals surface area contributed by atoms with Gasteiger partial charge in [-0.15, -0.1) is 0 Å². The number of carbonyl (C=O) groups is 2. The zero-order valence-corrected chi connectivity index (χ0v) is 19.6. The smallest absolute Gasteiger partial charge is 0.543 e. The monoisotopic (exact) mass is 424 g/mol. The molecule has 29 heavy (non-hydrogen) atoms. The molecule has 6 nitrogen and oxygen atoms in total. The molecule has 0 amide bonds. The molecular formula is C22H28CaN2O4. The summed E-state index contributed by atoms with van der Waals surface area (Å²) in [6.07, 6.45) is 11.0. The fourth-order valence-electron chi connectivity index (χ4n) is 2.78. The zero-order valence-electron chi connectivity index (χ0n) is 17.4. The average Bonchev–Trinajstić information content (AvgIpc) is 2.69. The van der Waals surface area contributed by atoms with Crippen molar-refractivity contribution in [2.45, 2.75) is 65.2 Å². The van der Waals surface area contributed by atoms with E-state index in [0.29, 0.717) is 0 Å². The first-order valence-electron chi connectivity index (χ1n) is 9.81. The van der Waals surface area contributed by atoms with Crippen LogP contribution in [0.15, 0.2) is 36.7 Å². The fraction of sp³-hybridized carbons (Fsp3) is 0.455. The van der Waals surface area contributed by atoms with Crippen LogP contribution in [-0.2, 0) is 12.8 Å². The van der Waals surface area contributed by atoms with E-state index in [1.165, 1.54) is 12.4 Å². The largest absolute Gasteiger partial charge is 2.00 e. The number of unbranched alkanes of at least 4 members (excludes halogenated alkanes) is 4. The Morgan fingerprint density at radius 3 is 1.45 bits per heavy atom. The second-order valence-corrected chi connectivity index (χ2v) is 6.51. The van der Waals surface area contributed by atoms with Crippen LogP contribution < -0.4 is 10.2 Å². The second-order valence-electron chi connectivity index (χ2n) is 6.51. The Labute approximate surface area is 202 Å². The molecule has 0 radical (unpaired) electrons. The summed E-state index contributed by atoms with van der Waals surface area (Å²) in [6, 6.07) is 7.11. The molecule has 2 rings (SSSR count). The van der Waals surface area contributed by atoms with Gasteiger partial charge < -0.3 is 19.8 Å². The quantitative estimate of drug-likeness (QED) is 0.426. The maximum atomic E-state index is 10.7. The third-order valence-corrected chi connectivity index (χ3v) is 4.27. The van der Waals surface area contributed by atoms with Crippen LogP contribution in [0.3, 0.4) is 0 Å². The molecule has 0 bridgehead atoms. The Morgan fingerprint density at radius 2 is 1.14 bits per heavy atom. The number of hydrogen-bond donors (Lipinski definition) is 0. The van der Waals surface area contributed by atoms with Gasteiger partial charge in [-0.3, -0.25) is 9.97 Å². The SMILES string of the molecule is CCCCCc1cccnc1C(=O)[O-].CCCCCc1cccnc1C(=O)[O-].[Ca+2]. The van der Waals surface area contributed by atoms with Crippen molar-refractivity contribution in [3.63, 3.8) is 0 Å². The van der Waals surface area contributed by atoms with E-state index in [2.05, 4.69) is 23.8 Å². The van der Waals surface area contributed by atoms with Crippen LogP contribution in [-0.4, -0.2) is 59.6 Å². The molecule has 0 spiro atoms. The molecule has 0 aliphatic carbocycles. The van der Waals surface area contributed by atoms with Crippen LogP contribution >= 0.6 is 0 Å². The molecule has 2 aromatic rings. The first-order chi connectivity index (χ1) is 13.5. The number of carbonyl (C=O) groups excluding carboxylic acids is 2. The van der Waals surface area contributed by atoms with Gasteiger partial charge >= 0.3 is 37.7 Å². The Morgan fingerprint density at radius 1 is 0.759 bits per heavy atom. The number of nitrogens with zero attached hydrogens (tertiary/aromatic N) is 2. The number of aromatic nitrogens is 2. The molecule has 0 atom stereocenters. The third kappa shape index (κ3) is 10.7. The van der Waals surface area contributed by atoms with Gasteiger partial charge in [-0.2, -0.15) is 0 Å². The van der Waals surface area contributed by atoms with Crippen LogP contribution in [0.25, 0.3) is 0 Å². The molecule has 0 aliphatic heterocycles. The van der Waals surface area contributed by atoms with Crippen molar-refractivity contribution in [3.8, 4) is 0 Å². The average molecular weight is 425 g/mol. The predicted molar refractivity (Wildman–Crippen MR) is 109 cm³/mol. The van der Waals surface area contributed by atoms with E-state index in [1.807, 2.05) is 0 Å². The van der Waals surface area contributed by atoms with Gasteiger partial charge in [-0.25, -0.2) is 0 Å². The summed E-state index contributed by atoms with van der Waals surface area (Å²) < 4.78 is 0. The zero-order chi connectivity index (χ0) is 20.8. The van der Waals surface area contributed by atoms with E-state index in [0.717, 1.165) is 62.5 Å². The number of carboxylic acid groups (broad SMARTS) is 2. The van der Waals surface area contributed by atoms with E-state index >= 15 is 0 Å². The van der Waals surface area contributed by atoms with Gasteiger partial charge in [0.05, 0.1) is 23.3 Å². The summed E-state index contributed by atoms with van der Waals surface area (Å²) in [5.41, 5.74) is 1.73. The van der Waals surface area contributed by atoms with Gasteiger partial charge in [0.2, 0.25) is 0 Å². The molecule has 2 aromatic heterocycles. The normalized spacial score (nSPS) is 9.72. The van der Waals surface area contributed by atoms with E-state index in [9.17, 15) is 19.8 Å². The fourth-order valence-corrected chi connectivity index (χ4v) is 2.78. The van der Waals surface area contributed by atoms with Gasteiger partial charge in [0, 0.05) is 12.4 Å². The molecule has 0 unspecified atom stereocenters. The minimum atomic E-state index is -1.18. The number of aryl methyl sites for hydroxylation is 2. The maximum Gasteiger partial charge on any atom is 2.00 e. The van der Waals surface area contributed by atoms with Crippen molar-refractivity contribution in [2.24, 2.45) is 0 Å².